The van der Waals surface area contributed by atoms with Crippen LogP contribution in [0.5, 0.6) is 5.75 Å². The Hall–Kier alpha value is -1.07. The van der Waals surface area contributed by atoms with Crippen LogP contribution in [0.2, 0.25) is 0 Å². The number of hydrogen-bond donors (Lipinski definition) is 1. The zero-order valence-electron chi connectivity index (χ0n) is 11.6. The molecule has 20 heavy (non-hydrogen) atoms. The number of nitrogens with zero attached hydrogens (tertiary/aromatic N) is 1. The highest BCUT2D eigenvalue weighted by molar-refractivity contribution is 14.0. The van der Waals surface area contributed by atoms with Crippen molar-refractivity contribution in [2.45, 2.75) is 12.3 Å². The Morgan fingerprint density at radius 1 is 1.10 bits per heavy atom. The standard InChI is InChI=1S/C17H19NO.HI/c1-18-10-9-14-7-8-15(19)11-16(14)17(12-18)13-5-3-2-4-6-13;/h2-8,11,17,19H,9-10,12H2,1H3;1H/i;1-2. The highest BCUT2D eigenvalue weighted by Crippen LogP contribution is 2.32. The van der Waals surface area contributed by atoms with E-state index < -0.39 is 0 Å². The minimum absolute atomic E-state index is 0. The Balaban J connectivity index is 0.00000147. The van der Waals surface area contributed by atoms with Gasteiger partial charge in [-0.2, -0.15) is 0 Å². The van der Waals surface area contributed by atoms with Gasteiger partial charge in [0.25, 0.3) is 0 Å². The molecule has 0 fully saturated rings. The molecular weight excluding hydrogens is 359 g/mol. The molecule has 2 aromatic rings. The van der Waals surface area contributed by atoms with Crippen molar-refractivity contribution in [2.75, 3.05) is 20.1 Å². The SMILES string of the molecule is CN1CCc2ccc(O)cc2C(c2ccccc2)C1.[125IH]. The third-order valence-electron chi connectivity index (χ3n) is 3.96. The second-order valence-corrected chi connectivity index (χ2v) is 5.36. The molecule has 1 aliphatic rings. The summed E-state index contributed by atoms with van der Waals surface area (Å²) in [6.07, 6.45) is 1.05. The molecule has 0 aromatic heterocycles. The molecule has 1 atom stereocenters. The van der Waals surface area contributed by atoms with Crippen molar-refractivity contribution in [3.8, 4) is 5.75 Å². The molecule has 2 aromatic carbocycles. The van der Waals surface area contributed by atoms with Crippen molar-refractivity contribution in [3.05, 3.63) is 65.2 Å². The summed E-state index contributed by atoms with van der Waals surface area (Å²) in [7, 11) is 2.17. The smallest absolute Gasteiger partial charge is 0.115 e. The van der Waals surface area contributed by atoms with Crippen LogP contribution in [0, 0.1) is 0 Å². The first-order valence-corrected chi connectivity index (χ1v) is 6.79. The van der Waals surface area contributed by atoms with Crippen LogP contribution in [0.1, 0.15) is 22.6 Å². The Morgan fingerprint density at radius 2 is 1.85 bits per heavy atom. The van der Waals surface area contributed by atoms with Gasteiger partial charge in [-0.1, -0.05) is 36.4 Å². The van der Waals surface area contributed by atoms with Gasteiger partial charge in [0.15, 0.2) is 0 Å². The van der Waals surface area contributed by atoms with Gasteiger partial charge in [-0.05, 0) is 42.3 Å². The van der Waals surface area contributed by atoms with Crippen molar-refractivity contribution in [1.29, 1.82) is 0 Å². The molecule has 1 aliphatic heterocycles. The molecule has 0 saturated carbocycles. The van der Waals surface area contributed by atoms with Crippen molar-refractivity contribution in [2.24, 2.45) is 0 Å². The Labute approximate surface area is 137 Å². The van der Waals surface area contributed by atoms with E-state index in [0.717, 1.165) is 19.5 Å². The predicted molar refractivity (Wildman–Crippen MR) is 93.0 cm³/mol. The summed E-state index contributed by atoms with van der Waals surface area (Å²) in [4.78, 5) is 2.37. The molecule has 0 amide bonds. The van der Waals surface area contributed by atoms with Crippen LogP contribution in [0.25, 0.3) is 0 Å². The molecule has 1 unspecified atom stereocenters. The second-order valence-electron chi connectivity index (χ2n) is 5.36. The largest absolute Gasteiger partial charge is 0.508 e. The lowest BCUT2D eigenvalue weighted by molar-refractivity contribution is 0.338. The molecule has 1 heterocycles. The number of phenols is 1. The van der Waals surface area contributed by atoms with Gasteiger partial charge in [-0.25, -0.2) is 0 Å². The van der Waals surface area contributed by atoms with Crippen LogP contribution in [-0.4, -0.2) is 30.1 Å². The lowest BCUT2D eigenvalue weighted by atomic mass is 9.88. The van der Waals surface area contributed by atoms with Crippen LogP contribution < -0.4 is 0 Å². The maximum Gasteiger partial charge on any atom is 0.115 e. The van der Waals surface area contributed by atoms with Crippen LogP contribution in [0.15, 0.2) is 48.5 Å². The fourth-order valence-corrected chi connectivity index (χ4v) is 2.92. The van der Waals surface area contributed by atoms with Crippen LogP contribution in [0.3, 0.4) is 0 Å². The van der Waals surface area contributed by atoms with Gasteiger partial charge in [0.2, 0.25) is 0 Å². The molecule has 0 spiro atoms. The van der Waals surface area contributed by atoms with Gasteiger partial charge in [0.1, 0.15) is 5.75 Å². The third-order valence-corrected chi connectivity index (χ3v) is 3.96. The maximum atomic E-state index is 9.80. The molecule has 0 aliphatic carbocycles. The van der Waals surface area contributed by atoms with Gasteiger partial charge in [0.05, 0.1) is 0 Å². The maximum absolute atomic E-state index is 9.80. The summed E-state index contributed by atoms with van der Waals surface area (Å²) >= 11 is 0. The van der Waals surface area contributed by atoms with E-state index in [9.17, 15) is 5.11 Å². The zero-order chi connectivity index (χ0) is 13.2. The third kappa shape index (κ3) is 3.15. The molecule has 1 N–H and O–H groups in total. The monoisotopic (exact) mass is 379 g/mol. The Morgan fingerprint density at radius 3 is 2.60 bits per heavy atom. The quantitative estimate of drug-likeness (QED) is 0.765. The van der Waals surface area contributed by atoms with Crippen molar-refractivity contribution >= 4 is 24.0 Å². The molecule has 0 radical (unpaired) electrons. The number of halogens is 1. The average molecular weight is 379 g/mol. The van der Waals surface area contributed by atoms with E-state index in [1.165, 1.54) is 16.7 Å². The number of phenolic OH excluding ortho intramolecular Hbond substituents is 1. The number of hydrogen-bond acceptors (Lipinski definition) is 2. The van der Waals surface area contributed by atoms with Gasteiger partial charge in [0, 0.05) is 19.0 Å². The number of benzene rings is 2. The fraction of sp³-hybridized carbons (Fsp3) is 0.294. The highest BCUT2D eigenvalue weighted by Gasteiger charge is 2.22. The zero-order valence-corrected chi connectivity index (χ0v) is 14.0. The van der Waals surface area contributed by atoms with Gasteiger partial charge >= 0.3 is 0 Å². The summed E-state index contributed by atoms with van der Waals surface area (Å²) in [5.41, 5.74) is 3.95. The van der Waals surface area contributed by atoms with Crippen LogP contribution in [0.4, 0.5) is 0 Å². The Bertz CT molecular complexity index is 570. The van der Waals surface area contributed by atoms with E-state index in [1.807, 2.05) is 12.1 Å². The lowest BCUT2D eigenvalue weighted by Gasteiger charge is -2.22. The normalized spacial score (nSPS) is 18.8. The first-order chi connectivity index (χ1) is 9.24. The first-order valence-electron chi connectivity index (χ1n) is 6.79. The summed E-state index contributed by atoms with van der Waals surface area (Å²) in [6.45, 7) is 2.07. The van der Waals surface area contributed by atoms with E-state index in [2.05, 4.69) is 42.3 Å². The van der Waals surface area contributed by atoms with E-state index in [-0.39, 0.29) is 24.0 Å². The van der Waals surface area contributed by atoms with Gasteiger partial charge in [-0.3, -0.25) is 0 Å². The number of rotatable bonds is 1. The highest BCUT2D eigenvalue weighted by atomic mass is 125. The van der Waals surface area contributed by atoms with E-state index in [0.29, 0.717) is 11.7 Å². The molecule has 0 saturated heterocycles. The second kappa shape index (κ2) is 6.59. The minimum atomic E-state index is 0. The number of fused-ring (bicyclic) bond motifs is 1. The molecule has 3 rings (SSSR count). The summed E-state index contributed by atoms with van der Waals surface area (Å²) in [5, 5.41) is 9.80. The van der Waals surface area contributed by atoms with Crippen LogP contribution >= 0.6 is 24.0 Å². The summed E-state index contributed by atoms with van der Waals surface area (Å²) < 4.78 is 0. The first kappa shape index (κ1) is 15.3. The number of likely N-dealkylation sites (N-methyl/N-ethyl adjacent to an activating group) is 1. The molecular formula is C17H20INO. The summed E-state index contributed by atoms with van der Waals surface area (Å²) in [5.74, 6) is 0.708. The van der Waals surface area contributed by atoms with E-state index in [1.54, 1.807) is 6.07 Å². The number of aromatic hydroxyl groups is 1. The van der Waals surface area contributed by atoms with Gasteiger partial charge in [-0.15, -0.1) is 24.0 Å². The van der Waals surface area contributed by atoms with E-state index in [4.69, 9.17) is 0 Å². The van der Waals surface area contributed by atoms with Crippen molar-refractivity contribution in [1.82, 2.24) is 4.90 Å². The topological polar surface area (TPSA) is 23.5 Å². The lowest BCUT2D eigenvalue weighted by Crippen LogP contribution is -2.24. The predicted octanol–water partition coefficient (Wildman–Crippen LogP) is 3.63. The molecule has 0 bridgehead atoms. The van der Waals surface area contributed by atoms with Crippen molar-refractivity contribution in [3.63, 3.8) is 0 Å². The van der Waals surface area contributed by atoms with Crippen molar-refractivity contribution < 1.29 is 5.11 Å². The van der Waals surface area contributed by atoms with Crippen LogP contribution in [-0.2, 0) is 6.42 Å². The Kier molecular flexibility index (Phi) is 5.05. The summed E-state index contributed by atoms with van der Waals surface area (Å²) in [6, 6.07) is 16.4. The fourth-order valence-electron chi connectivity index (χ4n) is 2.92. The van der Waals surface area contributed by atoms with E-state index >= 15 is 0 Å². The minimum Gasteiger partial charge on any atom is -0.508 e. The molecule has 2 nitrogen and oxygen atoms in total. The van der Waals surface area contributed by atoms with Gasteiger partial charge < -0.3 is 10.0 Å². The molecule has 3 heteroatoms. The molecule has 106 valence electrons. The average Bonchev–Trinajstić information content (AvgIpc) is 2.59.